The summed E-state index contributed by atoms with van der Waals surface area (Å²) in [6.45, 7) is 2.09. The summed E-state index contributed by atoms with van der Waals surface area (Å²) in [5, 5.41) is 2.98. The molecule has 0 spiro atoms. The molecule has 0 radical (unpaired) electrons. The van der Waals surface area contributed by atoms with E-state index in [1.54, 1.807) is 7.11 Å². The van der Waals surface area contributed by atoms with Gasteiger partial charge in [0, 0.05) is 12.1 Å². The van der Waals surface area contributed by atoms with Crippen molar-refractivity contribution in [3.8, 4) is 5.75 Å². The molecule has 3 N–H and O–H groups in total. The fraction of sp³-hybridized carbons (Fsp3) is 0.333. The molecule has 1 amide bonds. The number of ether oxygens (including phenoxy) is 1. The predicted molar refractivity (Wildman–Crippen MR) is 105 cm³/mol. The van der Waals surface area contributed by atoms with Gasteiger partial charge < -0.3 is 15.8 Å². The Balaban J connectivity index is 1.72. The molecule has 2 aromatic rings. The lowest BCUT2D eigenvalue weighted by Gasteiger charge is -2.30. The van der Waals surface area contributed by atoms with E-state index < -0.39 is 0 Å². The van der Waals surface area contributed by atoms with Gasteiger partial charge in [-0.15, -0.1) is 0 Å². The summed E-state index contributed by atoms with van der Waals surface area (Å²) < 4.78 is 5.20. The fourth-order valence-electron chi connectivity index (χ4n) is 3.36. The summed E-state index contributed by atoms with van der Waals surface area (Å²) in [5.41, 5.74) is 8.38. The van der Waals surface area contributed by atoms with Crippen LogP contribution in [-0.4, -0.2) is 18.9 Å². The van der Waals surface area contributed by atoms with Crippen LogP contribution in [0.1, 0.15) is 37.3 Å². The number of carbonyl (C=O) groups excluding carboxylic acids is 1. The van der Waals surface area contributed by atoms with Gasteiger partial charge in [0.2, 0.25) is 5.91 Å². The lowest BCUT2D eigenvalue weighted by molar-refractivity contribution is -0.115. The standard InChI is InChI=1S/C21H25N3O2/c1-21(11-5-10-19(22)24-21)16-7-4-8-17(14-16)23-20(25)13-15-6-3-9-18(12-15)26-2/h3-4,6-9,12,14H,5,10-11,13H2,1-2H3,(H2,22,24)(H,23,25). The van der Waals surface area contributed by atoms with E-state index in [0.29, 0.717) is 12.3 Å². The highest BCUT2D eigenvalue weighted by Crippen LogP contribution is 2.35. The van der Waals surface area contributed by atoms with Crippen LogP contribution in [0.4, 0.5) is 5.69 Å². The second kappa shape index (κ2) is 7.60. The van der Waals surface area contributed by atoms with Crippen molar-refractivity contribution in [3.05, 3.63) is 59.7 Å². The molecule has 26 heavy (non-hydrogen) atoms. The summed E-state index contributed by atoms with van der Waals surface area (Å²) in [5.74, 6) is 1.39. The van der Waals surface area contributed by atoms with Crippen molar-refractivity contribution in [2.24, 2.45) is 10.7 Å². The quantitative estimate of drug-likeness (QED) is 0.863. The number of carbonyl (C=O) groups is 1. The van der Waals surface area contributed by atoms with Gasteiger partial charge in [0.05, 0.1) is 24.9 Å². The second-order valence-electron chi connectivity index (χ2n) is 6.89. The average Bonchev–Trinajstić information content (AvgIpc) is 2.62. The number of anilines is 1. The molecule has 0 aromatic heterocycles. The molecule has 3 rings (SSSR count). The molecule has 1 heterocycles. The minimum Gasteiger partial charge on any atom is -0.497 e. The van der Waals surface area contributed by atoms with Gasteiger partial charge in [-0.05, 0) is 55.2 Å². The third kappa shape index (κ3) is 4.23. The van der Waals surface area contributed by atoms with Gasteiger partial charge in [-0.25, -0.2) is 0 Å². The Morgan fingerprint density at radius 1 is 1.27 bits per heavy atom. The predicted octanol–water partition coefficient (Wildman–Crippen LogP) is 3.63. The monoisotopic (exact) mass is 351 g/mol. The zero-order chi connectivity index (χ0) is 18.6. The molecule has 1 unspecified atom stereocenters. The summed E-state index contributed by atoms with van der Waals surface area (Å²) in [6.07, 6.45) is 3.13. The smallest absolute Gasteiger partial charge is 0.228 e. The number of amides is 1. The number of aliphatic imine (C=N–C) groups is 1. The first-order valence-electron chi connectivity index (χ1n) is 8.86. The first-order chi connectivity index (χ1) is 12.5. The van der Waals surface area contributed by atoms with Crippen molar-refractivity contribution >= 4 is 17.4 Å². The number of nitrogens with zero attached hydrogens (tertiary/aromatic N) is 1. The van der Waals surface area contributed by atoms with Crippen molar-refractivity contribution < 1.29 is 9.53 Å². The molecule has 5 nitrogen and oxygen atoms in total. The number of nitrogens with two attached hydrogens (primary N) is 1. The molecule has 1 atom stereocenters. The van der Waals surface area contributed by atoms with Gasteiger partial charge >= 0.3 is 0 Å². The molecule has 0 saturated heterocycles. The Bertz CT molecular complexity index is 832. The highest BCUT2D eigenvalue weighted by molar-refractivity contribution is 5.92. The van der Waals surface area contributed by atoms with Crippen LogP contribution in [0, 0.1) is 0 Å². The minimum atomic E-state index is -0.324. The Labute approximate surface area is 154 Å². The summed E-state index contributed by atoms with van der Waals surface area (Å²) in [6, 6.07) is 15.4. The van der Waals surface area contributed by atoms with Crippen LogP contribution in [-0.2, 0) is 16.8 Å². The van der Waals surface area contributed by atoms with E-state index in [1.165, 1.54) is 0 Å². The van der Waals surface area contributed by atoms with E-state index in [4.69, 9.17) is 10.5 Å². The van der Waals surface area contributed by atoms with Gasteiger partial charge in [-0.1, -0.05) is 24.3 Å². The highest BCUT2D eigenvalue weighted by atomic mass is 16.5. The minimum absolute atomic E-state index is 0.0628. The zero-order valence-corrected chi connectivity index (χ0v) is 15.3. The van der Waals surface area contributed by atoms with E-state index in [-0.39, 0.29) is 11.4 Å². The van der Waals surface area contributed by atoms with E-state index in [0.717, 1.165) is 41.8 Å². The molecule has 1 aliphatic rings. The molecule has 0 saturated carbocycles. The van der Waals surface area contributed by atoms with Crippen LogP contribution in [0.15, 0.2) is 53.5 Å². The second-order valence-corrected chi connectivity index (χ2v) is 6.89. The molecule has 2 aromatic carbocycles. The van der Waals surface area contributed by atoms with Crippen LogP contribution in [0.2, 0.25) is 0 Å². The van der Waals surface area contributed by atoms with Crippen molar-refractivity contribution in [2.45, 2.75) is 38.1 Å². The van der Waals surface area contributed by atoms with E-state index in [2.05, 4.69) is 17.2 Å². The number of hydrogen-bond donors (Lipinski definition) is 2. The number of nitrogens with one attached hydrogen (secondary N) is 1. The van der Waals surface area contributed by atoms with Crippen LogP contribution in [0.5, 0.6) is 5.75 Å². The topological polar surface area (TPSA) is 76.7 Å². The molecule has 5 heteroatoms. The number of rotatable bonds is 5. The molecule has 0 fully saturated rings. The first kappa shape index (κ1) is 18.0. The maximum Gasteiger partial charge on any atom is 0.228 e. The van der Waals surface area contributed by atoms with Gasteiger partial charge in [-0.3, -0.25) is 9.79 Å². The van der Waals surface area contributed by atoms with Crippen LogP contribution in [0.3, 0.4) is 0 Å². The number of amidine groups is 1. The maximum atomic E-state index is 12.4. The highest BCUT2D eigenvalue weighted by Gasteiger charge is 2.29. The van der Waals surface area contributed by atoms with Crippen LogP contribution >= 0.6 is 0 Å². The van der Waals surface area contributed by atoms with Crippen molar-refractivity contribution in [2.75, 3.05) is 12.4 Å². The van der Waals surface area contributed by atoms with Gasteiger partial charge in [0.15, 0.2) is 0 Å². The fourth-order valence-corrected chi connectivity index (χ4v) is 3.36. The lowest BCUT2D eigenvalue weighted by atomic mass is 9.85. The summed E-state index contributed by atoms with van der Waals surface area (Å²) >= 11 is 0. The average molecular weight is 351 g/mol. The third-order valence-electron chi connectivity index (χ3n) is 4.75. The Hall–Kier alpha value is -2.82. The zero-order valence-electron chi connectivity index (χ0n) is 15.3. The van der Waals surface area contributed by atoms with Crippen molar-refractivity contribution in [1.82, 2.24) is 0 Å². The summed E-state index contributed by atoms with van der Waals surface area (Å²) in [7, 11) is 1.62. The van der Waals surface area contributed by atoms with Crippen molar-refractivity contribution in [3.63, 3.8) is 0 Å². The molecule has 0 bridgehead atoms. The summed E-state index contributed by atoms with van der Waals surface area (Å²) in [4.78, 5) is 17.1. The van der Waals surface area contributed by atoms with E-state index >= 15 is 0 Å². The Kier molecular flexibility index (Phi) is 5.26. The normalized spacial score (nSPS) is 19.5. The number of benzene rings is 2. The van der Waals surface area contributed by atoms with Crippen LogP contribution in [0.25, 0.3) is 0 Å². The number of hydrogen-bond acceptors (Lipinski definition) is 4. The Morgan fingerprint density at radius 2 is 2.08 bits per heavy atom. The number of methoxy groups -OCH3 is 1. The first-order valence-corrected chi connectivity index (χ1v) is 8.86. The van der Waals surface area contributed by atoms with Crippen LogP contribution < -0.4 is 15.8 Å². The third-order valence-corrected chi connectivity index (χ3v) is 4.75. The van der Waals surface area contributed by atoms with Crippen molar-refractivity contribution in [1.29, 1.82) is 0 Å². The molecule has 1 aliphatic heterocycles. The molecule has 0 aliphatic carbocycles. The molecular formula is C21H25N3O2. The van der Waals surface area contributed by atoms with E-state index in [1.807, 2.05) is 48.5 Å². The molecule has 136 valence electrons. The van der Waals surface area contributed by atoms with E-state index in [9.17, 15) is 4.79 Å². The molecular weight excluding hydrogens is 326 g/mol. The SMILES string of the molecule is COc1cccc(CC(=O)Nc2cccc(C3(C)CCCC(N)=N3)c2)c1. The van der Waals surface area contributed by atoms with Gasteiger partial charge in [0.25, 0.3) is 0 Å². The maximum absolute atomic E-state index is 12.4. The largest absolute Gasteiger partial charge is 0.497 e. The van der Waals surface area contributed by atoms with Gasteiger partial charge in [-0.2, -0.15) is 0 Å². The Morgan fingerprint density at radius 3 is 2.85 bits per heavy atom. The lowest BCUT2D eigenvalue weighted by Crippen LogP contribution is -2.29. The van der Waals surface area contributed by atoms with Gasteiger partial charge in [0.1, 0.15) is 5.75 Å².